The fraction of sp³-hybridized carbons (Fsp3) is 0.444. The summed E-state index contributed by atoms with van der Waals surface area (Å²) in [5.41, 5.74) is 1.67. The van der Waals surface area contributed by atoms with Gasteiger partial charge in [-0.1, -0.05) is 24.1 Å². The second-order valence-corrected chi connectivity index (χ2v) is 8.50. The van der Waals surface area contributed by atoms with Gasteiger partial charge in [0.2, 0.25) is 0 Å². The number of nitrogens with zero attached hydrogens (tertiary/aromatic N) is 2. The van der Waals surface area contributed by atoms with E-state index in [-0.39, 0.29) is 18.4 Å². The predicted molar refractivity (Wildman–Crippen MR) is 127 cm³/mol. The van der Waals surface area contributed by atoms with E-state index in [4.69, 9.17) is 11.2 Å². The Hall–Kier alpha value is -3.33. The Kier molecular flexibility index (Phi) is 8.35. The number of carboxylic acid groups (broad SMARTS) is 1. The van der Waals surface area contributed by atoms with E-state index in [1.807, 2.05) is 26.0 Å². The molecule has 0 saturated heterocycles. The van der Waals surface area contributed by atoms with Gasteiger partial charge in [-0.2, -0.15) is 0 Å². The molecule has 33 heavy (non-hydrogen) atoms. The Labute approximate surface area is 197 Å². The van der Waals surface area contributed by atoms with Crippen LogP contribution in [-0.4, -0.2) is 39.5 Å². The summed E-state index contributed by atoms with van der Waals surface area (Å²) in [4.78, 5) is 29.8. The van der Waals surface area contributed by atoms with Crippen LogP contribution in [0.4, 0.5) is 0 Å². The maximum absolute atomic E-state index is 13.3. The van der Waals surface area contributed by atoms with Crippen molar-refractivity contribution in [2.45, 2.75) is 64.9 Å². The first-order valence-electron chi connectivity index (χ1n) is 12.1. The van der Waals surface area contributed by atoms with Gasteiger partial charge in [0, 0.05) is 36.7 Å². The number of aromatic nitrogens is 1. The van der Waals surface area contributed by atoms with Crippen molar-refractivity contribution < 1.29 is 20.8 Å². The molecule has 1 saturated carbocycles. The molecular weight excluding hydrogens is 416 g/mol. The minimum absolute atomic E-state index is 0.153. The highest BCUT2D eigenvalue weighted by molar-refractivity contribution is 5.94. The average molecular weight is 450 g/mol. The van der Waals surface area contributed by atoms with Gasteiger partial charge in [0.15, 0.2) is 0 Å². The van der Waals surface area contributed by atoms with Gasteiger partial charge in [0.1, 0.15) is 11.4 Å². The Morgan fingerprint density at radius 3 is 2.67 bits per heavy atom. The van der Waals surface area contributed by atoms with Gasteiger partial charge in [-0.15, -0.1) is 0 Å². The molecule has 0 radical (unpaired) electrons. The molecule has 2 aromatic rings. The smallest absolute Gasteiger partial charge is 0.303 e. The third kappa shape index (κ3) is 7.94. The highest BCUT2D eigenvalue weighted by atomic mass is 16.5. The van der Waals surface area contributed by atoms with Crippen LogP contribution in [0.25, 0.3) is 0 Å². The van der Waals surface area contributed by atoms with Crippen LogP contribution in [0.15, 0.2) is 42.6 Å². The highest BCUT2D eigenvalue weighted by Crippen LogP contribution is 2.27. The van der Waals surface area contributed by atoms with E-state index in [0.717, 1.165) is 25.7 Å². The number of unbranched alkanes of at least 4 members (excludes halogenated alkanes) is 2. The van der Waals surface area contributed by atoms with Crippen LogP contribution < -0.4 is 4.74 Å². The fourth-order valence-electron chi connectivity index (χ4n) is 3.19. The molecule has 1 unspecified atom stereocenters. The van der Waals surface area contributed by atoms with Gasteiger partial charge >= 0.3 is 5.97 Å². The molecule has 174 valence electrons. The molecule has 1 amide bonds. The van der Waals surface area contributed by atoms with Gasteiger partial charge in [0.05, 0.1) is 13.5 Å². The SMILES string of the molecule is [2H]C(c1ccccc1OCCCCCC(=O)O)N(C(=O)c1ccc(C#CC2CC2)nc1)C(C)C. The van der Waals surface area contributed by atoms with Crippen molar-refractivity contribution in [3.63, 3.8) is 0 Å². The van der Waals surface area contributed by atoms with Crippen LogP contribution in [-0.2, 0) is 11.3 Å². The molecule has 1 aliphatic carbocycles. The number of para-hydroxylation sites is 1. The molecule has 1 N–H and O–H groups in total. The summed E-state index contributed by atoms with van der Waals surface area (Å²) >= 11 is 0. The first-order valence-corrected chi connectivity index (χ1v) is 11.5. The predicted octanol–water partition coefficient (Wildman–Crippen LogP) is 4.92. The maximum Gasteiger partial charge on any atom is 0.303 e. The molecule has 1 aliphatic rings. The monoisotopic (exact) mass is 449 g/mol. The van der Waals surface area contributed by atoms with Gasteiger partial charge in [-0.05, 0) is 70.1 Å². The first-order chi connectivity index (χ1) is 16.4. The van der Waals surface area contributed by atoms with Crippen LogP contribution in [0.1, 0.15) is 75.4 Å². The molecule has 1 aromatic heterocycles. The quantitative estimate of drug-likeness (QED) is 0.389. The summed E-state index contributed by atoms with van der Waals surface area (Å²) in [6.45, 7) is 3.24. The summed E-state index contributed by atoms with van der Waals surface area (Å²) in [7, 11) is 0. The van der Waals surface area contributed by atoms with Crippen molar-refractivity contribution in [2.75, 3.05) is 6.61 Å². The molecule has 6 nitrogen and oxygen atoms in total. The maximum atomic E-state index is 13.3. The minimum atomic E-state index is -0.954. The van der Waals surface area contributed by atoms with Crippen molar-refractivity contribution in [3.05, 3.63) is 59.4 Å². The molecule has 3 rings (SSSR count). The molecule has 1 fully saturated rings. The Morgan fingerprint density at radius 1 is 1.21 bits per heavy atom. The summed E-state index contributed by atoms with van der Waals surface area (Å²) < 4.78 is 14.8. The number of carboxylic acids is 1. The van der Waals surface area contributed by atoms with Crippen LogP contribution in [0.3, 0.4) is 0 Å². The van der Waals surface area contributed by atoms with Crippen molar-refractivity contribution in [3.8, 4) is 17.6 Å². The zero-order valence-electron chi connectivity index (χ0n) is 20.3. The molecule has 1 heterocycles. The molecule has 1 aromatic carbocycles. The second kappa shape index (κ2) is 12.1. The molecular formula is C27H32N2O4. The zero-order valence-corrected chi connectivity index (χ0v) is 19.3. The molecule has 1 atom stereocenters. The Bertz CT molecular complexity index is 1040. The lowest BCUT2D eigenvalue weighted by atomic mass is 10.1. The van der Waals surface area contributed by atoms with E-state index in [1.54, 1.807) is 24.3 Å². The van der Waals surface area contributed by atoms with E-state index in [0.29, 0.717) is 41.5 Å². The Morgan fingerprint density at radius 2 is 2.00 bits per heavy atom. The number of rotatable bonds is 11. The van der Waals surface area contributed by atoms with Crippen molar-refractivity contribution >= 4 is 11.9 Å². The van der Waals surface area contributed by atoms with E-state index in [2.05, 4.69) is 16.8 Å². The van der Waals surface area contributed by atoms with Gasteiger partial charge in [-0.3, -0.25) is 9.59 Å². The number of hydrogen-bond donors (Lipinski definition) is 1. The Balaban J connectivity index is 1.68. The number of ether oxygens (including phenoxy) is 1. The largest absolute Gasteiger partial charge is 0.493 e. The summed E-state index contributed by atoms with van der Waals surface area (Å²) in [5, 5.41) is 8.73. The summed E-state index contributed by atoms with van der Waals surface area (Å²) in [5.74, 6) is 6.19. The third-order valence-corrected chi connectivity index (χ3v) is 5.27. The van der Waals surface area contributed by atoms with Gasteiger partial charge in [-0.25, -0.2) is 4.98 Å². The van der Waals surface area contributed by atoms with Crippen molar-refractivity contribution in [1.82, 2.24) is 9.88 Å². The number of amides is 1. The number of aliphatic carboxylic acids is 1. The van der Waals surface area contributed by atoms with Crippen molar-refractivity contribution in [2.24, 2.45) is 5.92 Å². The van der Waals surface area contributed by atoms with Crippen LogP contribution in [0, 0.1) is 17.8 Å². The highest BCUT2D eigenvalue weighted by Gasteiger charge is 2.21. The lowest BCUT2D eigenvalue weighted by Gasteiger charge is -2.27. The lowest BCUT2D eigenvalue weighted by Crippen LogP contribution is -2.36. The van der Waals surface area contributed by atoms with Crippen molar-refractivity contribution in [1.29, 1.82) is 0 Å². The van der Waals surface area contributed by atoms with E-state index in [9.17, 15) is 9.59 Å². The van der Waals surface area contributed by atoms with Crippen LogP contribution in [0.5, 0.6) is 5.75 Å². The molecule has 0 aliphatic heterocycles. The summed E-state index contributed by atoms with van der Waals surface area (Å²) in [6.07, 6.45) is 6.06. The standard InChI is InChI=1S/C27H32N2O4/c1-20(2)29(27(32)22-14-16-24(28-18-22)15-13-21-11-12-21)19-23-8-5-6-9-25(23)33-17-7-3-4-10-26(30)31/h5-6,8-9,14,16,18,20-21H,3-4,7,10-12,17,19H2,1-2H3,(H,30,31)/i19D. The number of hydrogen-bond acceptors (Lipinski definition) is 4. The molecule has 0 spiro atoms. The van der Waals surface area contributed by atoms with E-state index in [1.165, 1.54) is 11.1 Å². The van der Waals surface area contributed by atoms with Gasteiger partial charge < -0.3 is 14.7 Å². The lowest BCUT2D eigenvalue weighted by molar-refractivity contribution is -0.137. The number of carbonyl (C=O) groups is 2. The van der Waals surface area contributed by atoms with Crippen LogP contribution >= 0.6 is 0 Å². The van der Waals surface area contributed by atoms with Crippen LogP contribution in [0.2, 0.25) is 0 Å². The number of benzene rings is 1. The number of carbonyl (C=O) groups excluding carboxylic acids is 1. The third-order valence-electron chi connectivity index (χ3n) is 5.27. The van der Waals surface area contributed by atoms with E-state index >= 15 is 0 Å². The first kappa shape index (κ1) is 22.8. The van der Waals surface area contributed by atoms with E-state index < -0.39 is 12.5 Å². The zero-order chi connectivity index (χ0) is 24.5. The minimum Gasteiger partial charge on any atom is -0.493 e. The fourth-order valence-corrected chi connectivity index (χ4v) is 3.19. The van der Waals surface area contributed by atoms with Gasteiger partial charge in [0.25, 0.3) is 5.91 Å². The summed E-state index contributed by atoms with van der Waals surface area (Å²) in [6, 6.07) is 10.5. The second-order valence-electron chi connectivity index (χ2n) is 8.50. The molecule has 6 heteroatoms. The number of pyridine rings is 1. The topological polar surface area (TPSA) is 79.7 Å². The normalized spacial score (nSPS) is 14.1. The average Bonchev–Trinajstić information content (AvgIpc) is 3.65. The molecule has 0 bridgehead atoms.